The molecule has 2 aromatic carbocycles. The molecule has 32 heavy (non-hydrogen) atoms. The van der Waals surface area contributed by atoms with Crippen molar-refractivity contribution in [2.24, 2.45) is 7.05 Å². The first-order valence-corrected chi connectivity index (χ1v) is 12.6. The largest absolute Gasteiger partial charge is 0.339 e. The molecule has 1 aliphatic heterocycles. The molecule has 5 rings (SSSR count). The van der Waals surface area contributed by atoms with E-state index >= 15 is 0 Å². The molecule has 0 unspecified atom stereocenters. The second-order valence-electron chi connectivity index (χ2n) is 8.10. The number of aromatic nitrogens is 2. The standard InChI is InChI=1S/C23H23FN4O2S2/c1-27-14-23(26-15-27)32(29,30)28-12-20(16-5-3-2-4-6-16)21(13-28)25-11-19-10-17-9-18(24)7-8-22(17)31-19/h2-10,14-15,20-21,25H,11-13H2,1H3/t20-,21+/m1/s1. The number of thiophene rings is 1. The van der Waals surface area contributed by atoms with Crippen LogP contribution in [0.2, 0.25) is 0 Å². The lowest BCUT2D eigenvalue weighted by Crippen LogP contribution is -2.36. The maximum Gasteiger partial charge on any atom is 0.262 e. The molecule has 1 N–H and O–H groups in total. The molecule has 9 heteroatoms. The van der Waals surface area contributed by atoms with E-state index in [9.17, 15) is 12.8 Å². The molecule has 0 saturated carbocycles. The zero-order valence-electron chi connectivity index (χ0n) is 17.5. The molecule has 6 nitrogen and oxygen atoms in total. The Morgan fingerprint density at radius 1 is 1.16 bits per heavy atom. The summed E-state index contributed by atoms with van der Waals surface area (Å²) in [7, 11) is -1.92. The Hall–Kier alpha value is -2.59. The van der Waals surface area contributed by atoms with Crippen molar-refractivity contribution in [1.29, 1.82) is 0 Å². The minimum Gasteiger partial charge on any atom is -0.339 e. The van der Waals surface area contributed by atoms with Crippen LogP contribution in [0, 0.1) is 5.82 Å². The Morgan fingerprint density at radius 2 is 1.97 bits per heavy atom. The van der Waals surface area contributed by atoms with E-state index in [1.807, 2.05) is 36.4 Å². The first-order valence-electron chi connectivity index (χ1n) is 10.3. The van der Waals surface area contributed by atoms with Crippen molar-refractivity contribution >= 4 is 31.4 Å². The lowest BCUT2D eigenvalue weighted by atomic mass is 9.94. The van der Waals surface area contributed by atoms with E-state index in [1.54, 1.807) is 35.1 Å². The molecule has 4 aromatic rings. The number of benzene rings is 2. The number of hydrogen-bond acceptors (Lipinski definition) is 5. The number of imidazole rings is 1. The number of halogens is 1. The number of nitrogens with zero attached hydrogens (tertiary/aromatic N) is 3. The van der Waals surface area contributed by atoms with Crippen molar-refractivity contribution in [3.63, 3.8) is 0 Å². The molecular formula is C23H23FN4O2S2. The lowest BCUT2D eigenvalue weighted by molar-refractivity contribution is 0.454. The highest BCUT2D eigenvalue weighted by molar-refractivity contribution is 7.89. The Kier molecular flexibility index (Phi) is 5.58. The minimum absolute atomic E-state index is 0.0153. The summed E-state index contributed by atoms with van der Waals surface area (Å²) in [5.41, 5.74) is 1.10. The highest BCUT2D eigenvalue weighted by Crippen LogP contribution is 2.32. The van der Waals surface area contributed by atoms with Crippen LogP contribution >= 0.6 is 11.3 Å². The summed E-state index contributed by atoms with van der Waals surface area (Å²) in [6.07, 6.45) is 3.03. The van der Waals surface area contributed by atoms with Crippen LogP contribution < -0.4 is 5.32 Å². The van der Waals surface area contributed by atoms with Crippen LogP contribution in [0.5, 0.6) is 0 Å². The third-order valence-electron chi connectivity index (χ3n) is 5.87. The van der Waals surface area contributed by atoms with Crippen LogP contribution in [-0.2, 0) is 23.6 Å². The van der Waals surface area contributed by atoms with Crippen LogP contribution in [-0.4, -0.2) is 41.4 Å². The predicted molar refractivity (Wildman–Crippen MR) is 124 cm³/mol. The molecular weight excluding hydrogens is 447 g/mol. The van der Waals surface area contributed by atoms with Gasteiger partial charge in [0.15, 0.2) is 5.03 Å². The number of aryl methyl sites for hydroxylation is 1. The van der Waals surface area contributed by atoms with Gasteiger partial charge in [0.1, 0.15) is 5.82 Å². The van der Waals surface area contributed by atoms with Crippen molar-refractivity contribution in [1.82, 2.24) is 19.2 Å². The van der Waals surface area contributed by atoms with Crippen molar-refractivity contribution in [3.05, 3.63) is 83.4 Å². The van der Waals surface area contributed by atoms with Crippen molar-refractivity contribution in [3.8, 4) is 0 Å². The predicted octanol–water partition coefficient (Wildman–Crippen LogP) is 3.72. The van der Waals surface area contributed by atoms with Crippen LogP contribution in [0.3, 0.4) is 0 Å². The van der Waals surface area contributed by atoms with Crippen LogP contribution in [0.25, 0.3) is 10.1 Å². The number of fused-ring (bicyclic) bond motifs is 1. The maximum absolute atomic E-state index is 13.5. The van der Waals surface area contributed by atoms with Crippen molar-refractivity contribution in [2.45, 2.75) is 23.5 Å². The number of rotatable bonds is 6. The van der Waals surface area contributed by atoms with Gasteiger partial charge in [-0.25, -0.2) is 17.8 Å². The number of hydrogen-bond donors (Lipinski definition) is 1. The van der Waals surface area contributed by atoms with Gasteiger partial charge in [0.2, 0.25) is 0 Å². The van der Waals surface area contributed by atoms with E-state index < -0.39 is 10.0 Å². The molecule has 0 amide bonds. The van der Waals surface area contributed by atoms with E-state index in [-0.39, 0.29) is 22.8 Å². The summed E-state index contributed by atoms with van der Waals surface area (Å²) in [6, 6.07) is 16.7. The average molecular weight is 471 g/mol. The Balaban J connectivity index is 1.39. The van der Waals surface area contributed by atoms with E-state index in [1.165, 1.54) is 22.9 Å². The molecule has 2 aromatic heterocycles. The van der Waals surface area contributed by atoms with E-state index in [0.29, 0.717) is 19.6 Å². The second-order valence-corrected chi connectivity index (χ2v) is 11.2. The zero-order chi connectivity index (χ0) is 22.3. The molecule has 166 valence electrons. The molecule has 1 saturated heterocycles. The highest BCUT2D eigenvalue weighted by atomic mass is 32.2. The summed E-state index contributed by atoms with van der Waals surface area (Å²) in [5.74, 6) is -0.230. The van der Waals surface area contributed by atoms with Gasteiger partial charge in [0.05, 0.1) is 6.33 Å². The fourth-order valence-corrected chi connectivity index (χ4v) is 6.70. The number of sulfonamides is 1. The molecule has 2 atom stereocenters. The van der Waals surface area contributed by atoms with Gasteiger partial charge in [-0.2, -0.15) is 4.31 Å². The van der Waals surface area contributed by atoms with Crippen molar-refractivity contribution in [2.75, 3.05) is 13.1 Å². The number of nitrogens with one attached hydrogen (secondary N) is 1. The van der Waals surface area contributed by atoms with Crippen LogP contribution in [0.4, 0.5) is 4.39 Å². The molecule has 0 bridgehead atoms. The maximum atomic E-state index is 13.5. The van der Waals surface area contributed by atoms with Crippen LogP contribution in [0.15, 0.2) is 72.1 Å². The van der Waals surface area contributed by atoms with E-state index in [0.717, 1.165) is 20.5 Å². The minimum atomic E-state index is -3.68. The summed E-state index contributed by atoms with van der Waals surface area (Å²) in [6.45, 7) is 1.34. The Bertz CT molecular complexity index is 1350. The fraction of sp³-hybridized carbons (Fsp3) is 0.261. The highest BCUT2D eigenvalue weighted by Gasteiger charge is 2.40. The molecule has 1 aliphatic rings. The van der Waals surface area contributed by atoms with Gasteiger partial charge in [-0.1, -0.05) is 30.3 Å². The molecule has 0 aliphatic carbocycles. The SMILES string of the molecule is Cn1cnc(S(=O)(=O)N2C[C@H](NCc3cc4cc(F)ccc4s3)[C@@H](c3ccccc3)C2)c1. The fourth-order valence-electron chi connectivity index (χ4n) is 4.25. The van der Waals surface area contributed by atoms with Gasteiger partial charge in [0, 0.05) is 54.4 Å². The quantitative estimate of drug-likeness (QED) is 0.466. The van der Waals surface area contributed by atoms with Gasteiger partial charge in [-0.15, -0.1) is 11.3 Å². The monoisotopic (exact) mass is 470 g/mol. The first-order chi connectivity index (χ1) is 15.4. The summed E-state index contributed by atoms with van der Waals surface area (Å²) >= 11 is 1.62. The van der Waals surface area contributed by atoms with Gasteiger partial charge < -0.3 is 9.88 Å². The lowest BCUT2D eigenvalue weighted by Gasteiger charge is -2.19. The molecule has 3 heterocycles. The van der Waals surface area contributed by atoms with E-state index in [4.69, 9.17) is 0 Å². The Morgan fingerprint density at radius 3 is 2.72 bits per heavy atom. The normalized spacial score (nSPS) is 19.7. The third-order valence-corrected chi connectivity index (χ3v) is 8.70. The second kappa shape index (κ2) is 8.40. The molecule has 1 fully saturated rings. The van der Waals surface area contributed by atoms with Gasteiger partial charge in [0.25, 0.3) is 10.0 Å². The Labute approximate surface area is 190 Å². The summed E-state index contributed by atoms with van der Waals surface area (Å²) in [5, 5.41) is 4.52. The summed E-state index contributed by atoms with van der Waals surface area (Å²) in [4.78, 5) is 5.15. The first kappa shape index (κ1) is 21.3. The van der Waals surface area contributed by atoms with Crippen LogP contribution in [0.1, 0.15) is 16.4 Å². The third kappa shape index (κ3) is 4.09. The van der Waals surface area contributed by atoms with Gasteiger partial charge in [-0.05, 0) is 35.2 Å². The zero-order valence-corrected chi connectivity index (χ0v) is 19.1. The van der Waals surface area contributed by atoms with E-state index in [2.05, 4.69) is 10.3 Å². The van der Waals surface area contributed by atoms with Gasteiger partial charge in [-0.3, -0.25) is 0 Å². The van der Waals surface area contributed by atoms with Gasteiger partial charge >= 0.3 is 0 Å². The smallest absolute Gasteiger partial charge is 0.262 e. The van der Waals surface area contributed by atoms with Crippen molar-refractivity contribution < 1.29 is 12.8 Å². The topological polar surface area (TPSA) is 67.2 Å². The summed E-state index contributed by atoms with van der Waals surface area (Å²) < 4.78 is 44.1. The molecule has 0 radical (unpaired) electrons. The average Bonchev–Trinajstić information content (AvgIpc) is 3.50. The molecule has 0 spiro atoms.